The number of fused-ring (bicyclic) bond motifs is 3. The van der Waals surface area contributed by atoms with E-state index in [0.29, 0.717) is 0 Å². The van der Waals surface area contributed by atoms with Gasteiger partial charge in [0.2, 0.25) is 0 Å². The van der Waals surface area contributed by atoms with Gasteiger partial charge in [0.1, 0.15) is 0 Å². The molecule has 2 aromatic carbocycles. The van der Waals surface area contributed by atoms with Gasteiger partial charge in [-0.05, 0) is 59.2 Å². The predicted molar refractivity (Wildman–Crippen MR) is 96.4 cm³/mol. The molecule has 0 atom stereocenters. The molecule has 0 spiro atoms. The molecular formula is C18H20IN. The minimum atomic E-state index is 1.20. The number of rotatable bonds is 5. The standard InChI is InChI=1S/C18H20IN/c1-2-3-4-5-7-13-10-11-17-15(12-13)14-8-6-9-16(19)18(14)20-17/h6,8-12,20H,2-5,7H2,1H3. The van der Waals surface area contributed by atoms with E-state index in [1.165, 1.54) is 63.0 Å². The van der Waals surface area contributed by atoms with E-state index in [0.717, 1.165) is 0 Å². The van der Waals surface area contributed by atoms with E-state index in [2.05, 4.69) is 70.9 Å². The normalized spacial score (nSPS) is 11.5. The molecule has 104 valence electrons. The molecule has 3 rings (SSSR count). The van der Waals surface area contributed by atoms with Gasteiger partial charge in [-0.3, -0.25) is 0 Å². The van der Waals surface area contributed by atoms with Crippen LogP contribution >= 0.6 is 22.6 Å². The molecule has 2 heteroatoms. The first-order valence-electron chi connectivity index (χ1n) is 7.48. The van der Waals surface area contributed by atoms with Gasteiger partial charge in [0.25, 0.3) is 0 Å². The summed E-state index contributed by atoms with van der Waals surface area (Å²) in [5.41, 5.74) is 3.99. The zero-order valence-corrected chi connectivity index (χ0v) is 14.0. The third-order valence-corrected chi connectivity index (χ3v) is 4.87. The number of nitrogens with one attached hydrogen (secondary N) is 1. The van der Waals surface area contributed by atoms with Crippen LogP contribution in [0.3, 0.4) is 0 Å². The highest BCUT2D eigenvalue weighted by molar-refractivity contribution is 14.1. The number of hydrogen-bond acceptors (Lipinski definition) is 0. The molecule has 1 nitrogen and oxygen atoms in total. The number of aryl methyl sites for hydroxylation is 1. The first kappa shape index (κ1) is 13.9. The van der Waals surface area contributed by atoms with Gasteiger partial charge in [-0.2, -0.15) is 0 Å². The molecule has 0 fully saturated rings. The van der Waals surface area contributed by atoms with Crippen molar-refractivity contribution in [2.24, 2.45) is 0 Å². The molecule has 0 saturated carbocycles. The average Bonchev–Trinajstić information content (AvgIpc) is 2.83. The number of aromatic amines is 1. The maximum absolute atomic E-state index is 3.54. The molecular weight excluding hydrogens is 357 g/mol. The van der Waals surface area contributed by atoms with E-state index in [-0.39, 0.29) is 0 Å². The smallest absolute Gasteiger partial charge is 0.0600 e. The maximum Gasteiger partial charge on any atom is 0.0600 e. The summed E-state index contributed by atoms with van der Waals surface area (Å²) in [6.07, 6.45) is 6.51. The topological polar surface area (TPSA) is 15.8 Å². The summed E-state index contributed by atoms with van der Waals surface area (Å²) in [5, 5.41) is 2.72. The molecule has 0 bridgehead atoms. The van der Waals surface area contributed by atoms with Crippen LogP contribution in [0.15, 0.2) is 36.4 Å². The van der Waals surface area contributed by atoms with Crippen LogP contribution in [0.2, 0.25) is 0 Å². The molecule has 0 radical (unpaired) electrons. The van der Waals surface area contributed by atoms with Gasteiger partial charge in [0.05, 0.1) is 5.52 Å². The van der Waals surface area contributed by atoms with Crippen molar-refractivity contribution in [2.75, 3.05) is 0 Å². The SMILES string of the molecule is CCCCCCc1ccc2[nH]c3c(I)cccc3c2c1. The van der Waals surface area contributed by atoms with E-state index in [4.69, 9.17) is 0 Å². The van der Waals surface area contributed by atoms with E-state index >= 15 is 0 Å². The van der Waals surface area contributed by atoms with Crippen molar-refractivity contribution in [3.63, 3.8) is 0 Å². The Balaban J connectivity index is 1.93. The van der Waals surface area contributed by atoms with E-state index in [1.807, 2.05) is 0 Å². The first-order valence-corrected chi connectivity index (χ1v) is 8.56. The number of para-hydroxylation sites is 1. The Hall–Kier alpha value is -1.03. The Morgan fingerprint density at radius 1 is 1.00 bits per heavy atom. The highest BCUT2D eigenvalue weighted by atomic mass is 127. The Bertz CT molecular complexity index is 727. The third kappa shape index (κ3) is 2.71. The molecule has 1 aromatic heterocycles. The monoisotopic (exact) mass is 377 g/mol. The number of H-pyrrole nitrogens is 1. The highest BCUT2D eigenvalue weighted by Gasteiger charge is 2.07. The van der Waals surface area contributed by atoms with Crippen LogP contribution in [0.1, 0.15) is 38.2 Å². The lowest BCUT2D eigenvalue weighted by molar-refractivity contribution is 0.667. The quantitative estimate of drug-likeness (QED) is 0.412. The largest absolute Gasteiger partial charge is 0.354 e. The summed E-state index contributed by atoms with van der Waals surface area (Å²) >= 11 is 2.40. The van der Waals surface area contributed by atoms with E-state index < -0.39 is 0 Å². The van der Waals surface area contributed by atoms with E-state index in [9.17, 15) is 0 Å². The van der Waals surface area contributed by atoms with Crippen molar-refractivity contribution in [3.8, 4) is 0 Å². The maximum atomic E-state index is 3.54. The molecule has 1 heterocycles. The average molecular weight is 377 g/mol. The molecule has 0 unspecified atom stereocenters. The lowest BCUT2D eigenvalue weighted by Gasteiger charge is -2.02. The van der Waals surface area contributed by atoms with Gasteiger partial charge in [0.15, 0.2) is 0 Å². The van der Waals surface area contributed by atoms with Crippen molar-refractivity contribution in [3.05, 3.63) is 45.5 Å². The molecule has 3 aromatic rings. The Kier molecular flexibility index (Phi) is 4.29. The molecule has 0 amide bonds. The lowest BCUT2D eigenvalue weighted by Crippen LogP contribution is -1.85. The minimum absolute atomic E-state index is 1.20. The van der Waals surface area contributed by atoms with Crippen molar-refractivity contribution in [1.82, 2.24) is 4.98 Å². The van der Waals surface area contributed by atoms with Crippen LogP contribution in [0, 0.1) is 3.57 Å². The molecule has 1 N–H and O–H groups in total. The summed E-state index contributed by atoms with van der Waals surface area (Å²) in [5.74, 6) is 0. The van der Waals surface area contributed by atoms with Crippen molar-refractivity contribution < 1.29 is 0 Å². The van der Waals surface area contributed by atoms with Crippen LogP contribution in [0.25, 0.3) is 21.8 Å². The summed E-state index contributed by atoms with van der Waals surface area (Å²) in [6.45, 7) is 2.26. The summed E-state index contributed by atoms with van der Waals surface area (Å²) in [6, 6.07) is 13.4. The van der Waals surface area contributed by atoms with Crippen LogP contribution in [-0.2, 0) is 6.42 Å². The molecule has 0 aliphatic rings. The Morgan fingerprint density at radius 2 is 1.90 bits per heavy atom. The zero-order chi connectivity index (χ0) is 13.9. The molecule has 0 saturated heterocycles. The molecule has 0 aliphatic heterocycles. The van der Waals surface area contributed by atoms with Crippen molar-refractivity contribution in [1.29, 1.82) is 0 Å². The van der Waals surface area contributed by atoms with Crippen molar-refractivity contribution >= 4 is 44.4 Å². The van der Waals surface area contributed by atoms with Crippen LogP contribution in [0.5, 0.6) is 0 Å². The Labute approximate surface area is 133 Å². The van der Waals surface area contributed by atoms with Gasteiger partial charge >= 0.3 is 0 Å². The van der Waals surface area contributed by atoms with Crippen molar-refractivity contribution in [2.45, 2.75) is 39.0 Å². The summed E-state index contributed by atoms with van der Waals surface area (Å²) in [4.78, 5) is 3.54. The number of unbranched alkanes of at least 4 members (excludes halogenated alkanes) is 3. The second-order valence-electron chi connectivity index (χ2n) is 5.48. The predicted octanol–water partition coefficient (Wildman–Crippen LogP) is 6.05. The fourth-order valence-electron chi connectivity index (χ4n) is 2.84. The number of hydrogen-bond donors (Lipinski definition) is 1. The Morgan fingerprint density at radius 3 is 2.75 bits per heavy atom. The third-order valence-electron chi connectivity index (χ3n) is 3.97. The highest BCUT2D eigenvalue weighted by Crippen LogP contribution is 2.29. The van der Waals surface area contributed by atoms with Gasteiger partial charge < -0.3 is 4.98 Å². The fourth-order valence-corrected chi connectivity index (χ4v) is 3.48. The van der Waals surface area contributed by atoms with Gasteiger partial charge in [-0.1, -0.05) is 44.4 Å². The second-order valence-corrected chi connectivity index (χ2v) is 6.64. The van der Waals surface area contributed by atoms with Gasteiger partial charge in [0, 0.05) is 19.9 Å². The van der Waals surface area contributed by atoms with Crippen LogP contribution < -0.4 is 0 Å². The van der Waals surface area contributed by atoms with Crippen LogP contribution in [0.4, 0.5) is 0 Å². The summed E-state index contributed by atoms with van der Waals surface area (Å²) < 4.78 is 1.29. The fraction of sp³-hybridized carbons (Fsp3) is 0.333. The van der Waals surface area contributed by atoms with Gasteiger partial charge in [-0.25, -0.2) is 0 Å². The molecule has 20 heavy (non-hydrogen) atoms. The lowest BCUT2D eigenvalue weighted by atomic mass is 10.0. The zero-order valence-electron chi connectivity index (χ0n) is 11.9. The number of aromatic nitrogens is 1. The van der Waals surface area contributed by atoms with Gasteiger partial charge in [-0.15, -0.1) is 0 Å². The summed E-state index contributed by atoms with van der Waals surface area (Å²) in [7, 11) is 0. The molecule has 0 aliphatic carbocycles. The second kappa shape index (κ2) is 6.17. The first-order chi connectivity index (χ1) is 9.79. The minimum Gasteiger partial charge on any atom is -0.354 e. The number of benzene rings is 2. The van der Waals surface area contributed by atoms with Crippen LogP contribution in [-0.4, -0.2) is 4.98 Å². The van der Waals surface area contributed by atoms with E-state index in [1.54, 1.807) is 0 Å². The number of halogens is 1.